The molecule has 0 atom stereocenters. The Kier molecular flexibility index (Phi) is 4.11. The molecule has 0 aromatic heterocycles. The van der Waals surface area contributed by atoms with Crippen molar-refractivity contribution in [3.05, 3.63) is 71.0 Å². The number of hydrogen-bond acceptors (Lipinski definition) is 2. The summed E-state index contributed by atoms with van der Waals surface area (Å²) >= 11 is 0. The number of fused-ring (bicyclic) bond motifs is 1. The van der Waals surface area contributed by atoms with E-state index in [1.54, 1.807) is 18.2 Å². The van der Waals surface area contributed by atoms with Crippen LogP contribution in [0.5, 0.6) is 0 Å². The SMILES string of the molecule is O=C(CCN1CCc2ccccc2C1)c1ccccc1F. The Labute approximate surface area is 124 Å². The van der Waals surface area contributed by atoms with Crippen LogP contribution in [0.3, 0.4) is 0 Å². The zero-order chi connectivity index (χ0) is 14.7. The van der Waals surface area contributed by atoms with E-state index in [2.05, 4.69) is 23.1 Å². The van der Waals surface area contributed by atoms with Gasteiger partial charge in [-0.1, -0.05) is 36.4 Å². The number of benzene rings is 2. The van der Waals surface area contributed by atoms with Crippen molar-refractivity contribution in [3.8, 4) is 0 Å². The van der Waals surface area contributed by atoms with Gasteiger partial charge in [0.1, 0.15) is 5.82 Å². The third kappa shape index (κ3) is 3.19. The van der Waals surface area contributed by atoms with Gasteiger partial charge in [0.05, 0.1) is 5.56 Å². The van der Waals surface area contributed by atoms with E-state index in [0.29, 0.717) is 13.0 Å². The molecule has 1 heterocycles. The van der Waals surface area contributed by atoms with Gasteiger partial charge in [-0.25, -0.2) is 4.39 Å². The highest BCUT2D eigenvalue weighted by molar-refractivity contribution is 5.96. The summed E-state index contributed by atoms with van der Waals surface area (Å²) in [6, 6.07) is 14.6. The van der Waals surface area contributed by atoms with Crippen LogP contribution in [0.2, 0.25) is 0 Å². The van der Waals surface area contributed by atoms with Gasteiger partial charge in [-0.3, -0.25) is 9.69 Å². The Balaban J connectivity index is 1.59. The second-order valence-electron chi connectivity index (χ2n) is 5.45. The fourth-order valence-corrected chi connectivity index (χ4v) is 2.83. The molecule has 3 heteroatoms. The molecule has 3 rings (SSSR count). The topological polar surface area (TPSA) is 20.3 Å². The highest BCUT2D eigenvalue weighted by Crippen LogP contribution is 2.19. The van der Waals surface area contributed by atoms with E-state index in [-0.39, 0.29) is 11.3 Å². The third-order valence-electron chi connectivity index (χ3n) is 4.04. The standard InChI is InChI=1S/C18H18FNO/c19-17-8-4-3-7-16(17)18(21)10-12-20-11-9-14-5-1-2-6-15(14)13-20/h1-8H,9-13H2. The largest absolute Gasteiger partial charge is 0.298 e. The molecule has 0 spiro atoms. The average molecular weight is 283 g/mol. The van der Waals surface area contributed by atoms with Gasteiger partial charge in [-0.2, -0.15) is 0 Å². The molecule has 21 heavy (non-hydrogen) atoms. The predicted octanol–water partition coefficient (Wildman–Crippen LogP) is 3.46. The molecule has 0 saturated heterocycles. The summed E-state index contributed by atoms with van der Waals surface area (Å²) in [7, 11) is 0. The van der Waals surface area contributed by atoms with E-state index < -0.39 is 5.82 Å². The van der Waals surface area contributed by atoms with Crippen LogP contribution in [-0.2, 0) is 13.0 Å². The Hall–Kier alpha value is -2.00. The van der Waals surface area contributed by atoms with E-state index in [0.717, 1.165) is 19.5 Å². The first-order chi connectivity index (χ1) is 10.2. The lowest BCUT2D eigenvalue weighted by atomic mass is 9.99. The summed E-state index contributed by atoms with van der Waals surface area (Å²) < 4.78 is 13.6. The lowest BCUT2D eigenvalue weighted by molar-refractivity contribution is 0.0957. The second kappa shape index (κ2) is 6.19. The maximum atomic E-state index is 13.6. The molecule has 0 aliphatic carbocycles. The fraction of sp³-hybridized carbons (Fsp3) is 0.278. The lowest BCUT2D eigenvalue weighted by Crippen LogP contribution is -2.32. The molecule has 0 bridgehead atoms. The summed E-state index contributed by atoms with van der Waals surface area (Å²) in [4.78, 5) is 14.4. The molecule has 1 aliphatic rings. The van der Waals surface area contributed by atoms with E-state index >= 15 is 0 Å². The molecule has 0 amide bonds. The van der Waals surface area contributed by atoms with Crippen LogP contribution in [0.15, 0.2) is 48.5 Å². The van der Waals surface area contributed by atoms with E-state index in [1.165, 1.54) is 17.2 Å². The third-order valence-corrected chi connectivity index (χ3v) is 4.04. The average Bonchev–Trinajstić information content (AvgIpc) is 2.53. The Bertz CT molecular complexity index is 653. The minimum Gasteiger partial charge on any atom is -0.298 e. The monoisotopic (exact) mass is 283 g/mol. The molecule has 108 valence electrons. The van der Waals surface area contributed by atoms with Gasteiger partial charge in [-0.15, -0.1) is 0 Å². The Morgan fingerprint density at radius 1 is 1.05 bits per heavy atom. The second-order valence-corrected chi connectivity index (χ2v) is 5.45. The summed E-state index contributed by atoms with van der Waals surface area (Å²) in [5.41, 5.74) is 2.94. The molecule has 0 fully saturated rings. The summed E-state index contributed by atoms with van der Waals surface area (Å²) in [5.74, 6) is -0.543. The smallest absolute Gasteiger partial charge is 0.167 e. The summed E-state index contributed by atoms with van der Waals surface area (Å²) in [6.45, 7) is 2.52. The van der Waals surface area contributed by atoms with Gasteiger partial charge in [0, 0.05) is 26.1 Å². The molecule has 0 radical (unpaired) electrons. The quantitative estimate of drug-likeness (QED) is 0.801. The summed E-state index contributed by atoms with van der Waals surface area (Å²) in [5, 5.41) is 0. The van der Waals surface area contributed by atoms with E-state index in [1.807, 2.05) is 6.07 Å². The van der Waals surface area contributed by atoms with Gasteiger partial charge < -0.3 is 0 Å². The predicted molar refractivity (Wildman–Crippen MR) is 80.8 cm³/mol. The maximum Gasteiger partial charge on any atom is 0.167 e. The van der Waals surface area contributed by atoms with Crippen molar-refractivity contribution in [2.75, 3.05) is 13.1 Å². The first-order valence-corrected chi connectivity index (χ1v) is 7.31. The first kappa shape index (κ1) is 14.0. The first-order valence-electron chi connectivity index (χ1n) is 7.31. The van der Waals surface area contributed by atoms with Crippen LogP contribution in [0.4, 0.5) is 4.39 Å². The highest BCUT2D eigenvalue weighted by atomic mass is 19.1. The van der Waals surface area contributed by atoms with Gasteiger partial charge in [0.15, 0.2) is 5.78 Å². The summed E-state index contributed by atoms with van der Waals surface area (Å²) in [6.07, 6.45) is 1.38. The van der Waals surface area contributed by atoms with E-state index in [4.69, 9.17) is 0 Å². The van der Waals surface area contributed by atoms with Crippen LogP contribution >= 0.6 is 0 Å². The lowest BCUT2D eigenvalue weighted by Gasteiger charge is -2.28. The molecule has 1 aliphatic heterocycles. The normalized spacial score (nSPS) is 14.7. The van der Waals surface area contributed by atoms with Crippen molar-refractivity contribution in [2.24, 2.45) is 0 Å². The van der Waals surface area contributed by atoms with Crippen LogP contribution in [0, 0.1) is 5.82 Å². The molecular weight excluding hydrogens is 265 g/mol. The minimum atomic E-state index is -0.425. The number of carbonyl (C=O) groups excluding carboxylic acids is 1. The zero-order valence-electron chi connectivity index (χ0n) is 11.9. The van der Waals surface area contributed by atoms with Gasteiger partial charge in [0.25, 0.3) is 0 Å². The maximum absolute atomic E-state index is 13.6. The minimum absolute atomic E-state index is 0.119. The molecule has 0 saturated carbocycles. The number of halogens is 1. The number of hydrogen-bond donors (Lipinski definition) is 0. The Morgan fingerprint density at radius 3 is 2.57 bits per heavy atom. The van der Waals surface area contributed by atoms with Crippen LogP contribution in [0.25, 0.3) is 0 Å². The molecule has 2 aromatic rings. The molecule has 0 unspecified atom stereocenters. The number of ketones is 1. The van der Waals surface area contributed by atoms with Crippen LogP contribution in [0.1, 0.15) is 27.9 Å². The van der Waals surface area contributed by atoms with Crippen molar-refractivity contribution < 1.29 is 9.18 Å². The molecular formula is C18H18FNO. The number of rotatable bonds is 4. The van der Waals surface area contributed by atoms with Crippen LogP contribution < -0.4 is 0 Å². The Morgan fingerprint density at radius 2 is 1.76 bits per heavy atom. The van der Waals surface area contributed by atoms with Gasteiger partial charge >= 0.3 is 0 Å². The zero-order valence-corrected chi connectivity index (χ0v) is 11.9. The molecule has 2 aromatic carbocycles. The van der Waals surface area contributed by atoms with Gasteiger partial charge in [0.2, 0.25) is 0 Å². The highest BCUT2D eigenvalue weighted by Gasteiger charge is 2.17. The van der Waals surface area contributed by atoms with Crippen molar-refractivity contribution in [3.63, 3.8) is 0 Å². The van der Waals surface area contributed by atoms with Crippen molar-refractivity contribution in [2.45, 2.75) is 19.4 Å². The van der Waals surface area contributed by atoms with Gasteiger partial charge in [-0.05, 0) is 29.7 Å². The fourth-order valence-electron chi connectivity index (χ4n) is 2.83. The number of nitrogens with zero attached hydrogens (tertiary/aromatic N) is 1. The number of carbonyl (C=O) groups is 1. The van der Waals surface area contributed by atoms with Crippen molar-refractivity contribution >= 4 is 5.78 Å². The molecule has 2 nitrogen and oxygen atoms in total. The molecule has 0 N–H and O–H groups in total. The van der Waals surface area contributed by atoms with Crippen LogP contribution in [-0.4, -0.2) is 23.8 Å². The number of Topliss-reactive ketones (excluding diaryl/α,β-unsaturated/α-hetero) is 1. The van der Waals surface area contributed by atoms with Crippen molar-refractivity contribution in [1.29, 1.82) is 0 Å². The van der Waals surface area contributed by atoms with Crippen molar-refractivity contribution in [1.82, 2.24) is 4.90 Å². The van der Waals surface area contributed by atoms with E-state index in [9.17, 15) is 9.18 Å².